The van der Waals surface area contributed by atoms with Crippen molar-refractivity contribution in [2.24, 2.45) is 0 Å². The van der Waals surface area contributed by atoms with E-state index < -0.39 is 0 Å². The maximum atomic E-state index is 8.09. The van der Waals surface area contributed by atoms with E-state index in [-0.39, 0.29) is 0 Å². The van der Waals surface area contributed by atoms with Gasteiger partial charge in [-0.1, -0.05) is 0 Å². The van der Waals surface area contributed by atoms with Crippen LogP contribution in [0.5, 0.6) is 0 Å². The highest BCUT2D eigenvalue weighted by Crippen LogP contribution is 2.00. The minimum absolute atomic E-state index is 0.705. The van der Waals surface area contributed by atoms with E-state index in [2.05, 4.69) is 0 Å². The number of rotatable bonds is 1. The minimum atomic E-state index is 0.705. The first-order chi connectivity index (χ1) is 4.43. The molecule has 1 aromatic rings. The van der Waals surface area contributed by atoms with Crippen molar-refractivity contribution in [1.82, 2.24) is 0 Å². The zero-order chi connectivity index (χ0) is 6.53. The van der Waals surface area contributed by atoms with E-state index >= 15 is 0 Å². The molecule has 0 saturated carbocycles. The van der Waals surface area contributed by atoms with Gasteiger partial charge in [0.2, 0.25) is 0 Å². The van der Waals surface area contributed by atoms with Gasteiger partial charge in [-0.3, -0.25) is 0 Å². The molecule has 0 atom stereocenters. The summed E-state index contributed by atoms with van der Waals surface area (Å²) in [6, 6.07) is 5.43. The molecule has 2 nitrogen and oxygen atoms in total. The molecule has 9 heavy (non-hydrogen) atoms. The van der Waals surface area contributed by atoms with Gasteiger partial charge >= 0.3 is 0 Å². The monoisotopic (exact) mass is 119 g/mol. The molecule has 0 saturated heterocycles. The summed E-state index contributed by atoms with van der Waals surface area (Å²) in [5.41, 5.74) is 0. The second kappa shape index (κ2) is 2.73. The molecular weight excluding hydrogens is 114 g/mol. The van der Waals surface area contributed by atoms with Crippen molar-refractivity contribution >= 4 is 6.08 Å². The number of furan rings is 1. The van der Waals surface area contributed by atoms with Gasteiger partial charge in [-0.25, -0.2) is 0 Å². The van der Waals surface area contributed by atoms with Crippen LogP contribution in [-0.2, 0) is 0 Å². The molecule has 0 amide bonds. The van der Waals surface area contributed by atoms with Crippen LogP contribution in [0.1, 0.15) is 5.76 Å². The highest BCUT2D eigenvalue weighted by atomic mass is 16.3. The van der Waals surface area contributed by atoms with Crippen molar-refractivity contribution in [2.75, 3.05) is 0 Å². The fraction of sp³-hybridized carbons (Fsp3) is 0. The third kappa shape index (κ3) is 1.46. The Morgan fingerprint density at radius 2 is 2.56 bits per heavy atom. The Labute approximate surface area is 53.0 Å². The highest BCUT2D eigenvalue weighted by Gasteiger charge is 1.83. The van der Waals surface area contributed by atoms with E-state index in [4.69, 9.17) is 9.68 Å². The lowest BCUT2D eigenvalue weighted by Crippen LogP contribution is -1.55. The van der Waals surface area contributed by atoms with E-state index in [9.17, 15) is 0 Å². The number of hydrogen-bond acceptors (Lipinski definition) is 2. The first kappa shape index (κ1) is 5.64. The van der Waals surface area contributed by atoms with Crippen LogP contribution in [0, 0.1) is 11.3 Å². The summed E-state index contributed by atoms with van der Waals surface area (Å²) in [6.07, 6.45) is 4.55. The molecule has 0 unspecified atom stereocenters. The molecule has 1 heterocycles. The Hall–Kier alpha value is -1.49. The van der Waals surface area contributed by atoms with Crippen molar-refractivity contribution < 1.29 is 4.42 Å². The zero-order valence-electron chi connectivity index (χ0n) is 4.74. The number of allylic oxidation sites excluding steroid dienone is 1. The van der Waals surface area contributed by atoms with Crippen molar-refractivity contribution in [3.63, 3.8) is 0 Å². The molecule has 0 aliphatic rings. The summed E-state index contributed by atoms with van der Waals surface area (Å²) in [4.78, 5) is 0. The third-order valence-corrected chi connectivity index (χ3v) is 0.865. The van der Waals surface area contributed by atoms with Gasteiger partial charge in [0.15, 0.2) is 0 Å². The smallest absolute Gasteiger partial charge is 0.127 e. The van der Waals surface area contributed by atoms with E-state index in [0.717, 1.165) is 0 Å². The quantitative estimate of drug-likeness (QED) is 0.528. The minimum Gasteiger partial charge on any atom is -0.465 e. The fourth-order valence-electron chi connectivity index (χ4n) is 0.505. The molecule has 0 radical (unpaired) electrons. The molecular formula is C7H5NO. The van der Waals surface area contributed by atoms with Gasteiger partial charge < -0.3 is 4.42 Å². The molecule has 0 N–H and O–H groups in total. The van der Waals surface area contributed by atoms with Crippen LogP contribution in [0.4, 0.5) is 0 Å². The van der Waals surface area contributed by atoms with Gasteiger partial charge in [0.1, 0.15) is 5.76 Å². The van der Waals surface area contributed by atoms with Crippen LogP contribution < -0.4 is 0 Å². The van der Waals surface area contributed by atoms with Crippen LogP contribution in [-0.4, -0.2) is 0 Å². The SMILES string of the molecule is N#C/C=C\c1ccco1. The van der Waals surface area contributed by atoms with E-state index in [1.54, 1.807) is 24.5 Å². The van der Waals surface area contributed by atoms with Crippen molar-refractivity contribution in [3.05, 3.63) is 30.2 Å². The summed E-state index contributed by atoms with van der Waals surface area (Å²) in [5, 5.41) is 8.09. The number of nitrogens with zero attached hydrogens (tertiary/aromatic N) is 1. The molecule has 1 aromatic heterocycles. The van der Waals surface area contributed by atoms with Gasteiger partial charge in [-0.15, -0.1) is 0 Å². The average Bonchev–Trinajstić information content (AvgIpc) is 2.34. The number of hydrogen-bond donors (Lipinski definition) is 0. The van der Waals surface area contributed by atoms with Gasteiger partial charge in [-0.2, -0.15) is 5.26 Å². The molecule has 44 valence electrons. The molecule has 0 spiro atoms. The van der Waals surface area contributed by atoms with E-state index in [1.165, 1.54) is 6.08 Å². The van der Waals surface area contributed by atoms with Crippen LogP contribution in [0.3, 0.4) is 0 Å². The molecule has 2 heteroatoms. The maximum absolute atomic E-state index is 8.09. The van der Waals surface area contributed by atoms with Crippen molar-refractivity contribution in [3.8, 4) is 6.07 Å². The summed E-state index contributed by atoms with van der Waals surface area (Å²) in [6.45, 7) is 0. The standard InChI is InChI=1S/C7H5NO/c8-5-1-3-7-4-2-6-9-7/h1-4,6H/b3-1-. The third-order valence-electron chi connectivity index (χ3n) is 0.865. The Balaban J connectivity index is 2.71. The van der Waals surface area contributed by atoms with Crippen molar-refractivity contribution in [1.29, 1.82) is 5.26 Å². The lowest BCUT2D eigenvalue weighted by Gasteiger charge is -1.75. The lowest BCUT2D eigenvalue weighted by molar-refractivity contribution is 0.557. The molecule has 0 fully saturated rings. The molecule has 0 aliphatic heterocycles. The topological polar surface area (TPSA) is 36.9 Å². The second-order valence-electron chi connectivity index (χ2n) is 1.48. The van der Waals surface area contributed by atoms with Crippen LogP contribution in [0.25, 0.3) is 6.08 Å². The number of nitriles is 1. The Kier molecular flexibility index (Phi) is 1.71. The summed E-state index contributed by atoms with van der Waals surface area (Å²) in [5.74, 6) is 0.705. The largest absolute Gasteiger partial charge is 0.465 e. The summed E-state index contributed by atoms with van der Waals surface area (Å²) in [7, 11) is 0. The normalized spacial score (nSPS) is 9.67. The summed E-state index contributed by atoms with van der Waals surface area (Å²) >= 11 is 0. The highest BCUT2D eigenvalue weighted by molar-refractivity contribution is 5.45. The Bertz CT molecular complexity index is 228. The van der Waals surface area contributed by atoms with Gasteiger partial charge in [0.25, 0.3) is 0 Å². The van der Waals surface area contributed by atoms with E-state index in [0.29, 0.717) is 5.76 Å². The Morgan fingerprint density at radius 1 is 1.67 bits per heavy atom. The predicted molar refractivity (Wildman–Crippen MR) is 33.4 cm³/mol. The maximum Gasteiger partial charge on any atom is 0.127 e. The van der Waals surface area contributed by atoms with Gasteiger partial charge in [0, 0.05) is 6.08 Å². The first-order valence-corrected chi connectivity index (χ1v) is 2.53. The average molecular weight is 119 g/mol. The second-order valence-corrected chi connectivity index (χ2v) is 1.48. The Morgan fingerprint density at radius 3 is 3.11 bits per heavy atom. The van der Waals surface area contributed by atoms with Crippen LogP contribution >= 0.6 is 0 Å². The van der Waals surface area contributed by atoms with Gasteiger partial charge in [-0.05, 0) is 18.2 Å². The first-order valence-electron chi connectivity index (χ1n) is 2.53. The van der Waals surface area contributed by atoms with Gasteiger partial charge in [0.05, 0.1) is 12.3 Å². The van der Waals surface area contributed by atoms with Crippen LogP contribution in [0.2, 0.25) is 0 Å². The molecule has 0 aliphatic carbocycles. The summed E-state index contributed by atoms with van der Waals surface area (Å²) < 4.78 is 4.90. The van der Waals surface area contributed by atoms with E-state index in [1.807, 2.05) is 6.07 Å². The van der Waals surface area contributed by atoms with Crippen molar-refractivity contribution in [2.45, 2.75) is 0 Å². The lowest BCUT2D eigenvalue weighted by atomic mass is 10.4. The molecule has 0 aromatic carbocycles. The van der Waals surface area contributed by atoms with Crippen LogP contribution in [0.15, 0.2) is 28.9 Å². The molecule has 0 bridgehead atoms. The molecule has 1 rings (SSSR count). The fourth-order valence-corrected chi connectivity index (χ4v) is 0.505. The zero-order valence-corrected chi connectivity index (χ0v) is 4.74. The predicted octanol–water partition coefficient (Wildman–Crippen LogP) is 1.82.